The third kappa shape index (κ3) is 1.87. The molecule has 1 aliphatic rings. The molecule has 2 heteroatoms. The normalized spacial score (nSPS) is 16.5. The molecule has 0 unspecified atom stereocenters. The van der Waals surface area contributed by atoms with E-state index in [9.17, 15) is 4.79 Å². The lowest BCUT2D eigenvalue weighted by atomic mass is 10.1. The average Bonchev–Trinajstić information content (AvgIpc) is 2.70. The van der Waals surface area contributed by atoms with Crippen molar-refractivity contribution in [2.75, 3.05) is 7.11 Å². The molecule has 56 valence electrons. The molecule has 0 aromatic rings. The second-order valence-corrected chi connectivity index (χ2v) is 2.74. The van der Waals surface area contributed by atoms with Crippen molar-refractivity contribution < 1.29 is 9.53 Å². The van der Waals surface area contributed by atoms with Crippen molar-refractivity contribution in [1.82, 2.24) is 0 Å². The average molecular weight is 140 g/mol. The third-order valence-electron chi connectivity index (χ3n) is 1.71. The number of methoxy groups -OCH3 is 1. The van der Waals surface area contributed by atoms with Gasteiger partial charge >= 0.3 is 5.97 Å². The zero-order valence-corrected chi connectivity index (χ0v) is 6.22. The summed E-state index contributed by atoms with van der Waals surface area (Å²) in [6.45, 7) is 3.63. The summed E-state index contributed by atoms with van der Waals surface area (Å²) < 4.78 is 4.50. The van der Waals surface area contributed by atoms with Crippen LogP contribution in [0, 0.1) is 5.92 Å². The van der Waals surface area contributed by atoms with Crippen molar-refractivity contribution in [3.63, 3.8) is 0 Å². The predicted octanol–water partition coefficient (Wildman–Crippen LogP) is 1.52. The van der Waals surface area contributed by atoms with E-state index < -0.39 is 0 Å². The molecule has 0 amide bonds. The smallest absolute Gasteiger partial charge is 0.333 e. The van der Waals surface area contributed by atoms with Gasteiger partial charge in [0, 0.05) is 5.57 Å². The van der Waals surface area contributed by atoms with Gasteiger partial charge in [0.1, 0.15) is 0 Å². The first-order valence-corrected chi connectivity index (χ1v) is 3.50. The molecule has 0 saturated heterocycles. The quantitative estimate of drug-likeness (QED) is 0.439. The lowest BCUT2D eigenvalue weighted by molar-refractivity contribution is -0.136. The topological polar surface area (TPSA) is 26.3 Å². The van der Waals surface area contributed by atoms with Crippen LogP contribution < -0.4 is 0 Å². The fourth-order valence-corrected chi connectivity index (χ4v) is 0.898. The first-order chi connectivity index (χ1) is 4.74. The summed E-state index contributed by atoms with van der Waals surface area (Å²) in [5.41, 5.74) is 0.616. The Labute approximate surface area is 60.9 Å². The van der Waals surface area contributed by atoms with Gasteiger partial charge in [0.05, 0.1) is 7.11 Å². The molecule has 0 aromatic carbocycles. The highest BCUT2D eigenvalue weighted by molar-refractivity contribution is 5.87. The monoisotopic (exact) mass is 140 g/mol. The highest BCUT2D eigenvalue weighted by Gasteiger charge is 2.24. The van der Waals surface area contributed by atoms with Gasteiger partial charge in [-0.2, -0.15) is 0 Å². The molecule has 2 nitrogen and oxygen atoms in total. The highest BCUT2D eigenvalue weighted by atomic mass is 16.5. The van der Waals surface area contributed by atoms with E-state index in [4.69, 9.17) is 0 Å². The maximum Gasteiger partial charge on any atom is 0.333 e. The largest absolute Gasteiger partial charge is 0.466 e. The fraction of sp³-hybridized carbons (Fsp3) is 0.625. The maximum atomic E-state index is 10.8. The summed E-state index contributed by atoms with van der Waals surface area (Å²) in [5.74, 6) is 0.457. The minimum atomic E-state index is -0.257. The molecule has 1 aliphatic carbocycles. The van der Waals surface area contributed by atoms with E-state index in [0.29, 0.717) is 11.5 Å². The Bertz CT molecular complexity index is 157. The number of carbonyl (C=O) groups excluding carboxylic acids is 1. The van der Waals surface area contributed by atoms with Crippen LogP contribution in [0.1, 0.15) is 19.3 Å². The first kappa shape index (κ1) is 7.32. The zero-order chi connectivity index (χ0) is 7.56. The third-order valence-corrected chi connectivity index (χ3v) is 1.71. The molecule has 0 bridgehead atoms. The fourth-order valence-electron chi connectivity index (χ4n) is 0.898. The van der Waals surface area contributed by atoms with Gasteiger partial charge in [-0.25, -0.2) is 4.79 Å². The van der Waals surface area contributed by atoms with E-state index in [0.717, 1.165) is 6.42 Å². The maximum absolute atomic E-state index is 10.8. The number of hydrogen-bond donors (Lipinski definition) is 0. The molecule has 0 aromatic heterocycles. The second kappa shape index (κ2) is 2.86. The van der Waals surface area contributed by atoms with E-state index in [-0.39, 0.29) is 5.97 Å². The Hall–Kier alpha value is -0.790. The minimum absolute atomic E-state index is 0.257. The Morgan fingerprint density at radius 3 is 2.70 bits per heavy atom. The lowest BCUT2D eigenvalue weighted by Crippen LogP contribution is -2.03. The molecule has 0 aliphatic heterocycles. The summed E-state index contributed by atoms with van der Waals surface area (Å²) in [7, 11) is 1.39. The Balaban J connectivity index is 2.25. The molecule has 0 N–H and O–H groups in total. The number of esters is 1. The highest BCUT2D eigenvalue weighted by Crippen LogP contribution is 2.34. The van der Waals surface area contributed by atoms with Crippen molar-refractivity contribution in [1.29, 1.82) is 0 Å². The van der Waals surface area contributed by atoms with Crippen LogP contribution in [-0.2, 0) is 9.53 Å². The van der Waals surface area contributed by atoms with Gasteiger partial charge < -0.3 is 4.74 Å². The summed E-state index contributed by atoms with van der Waals surface area (Å²) in [5, 5.41) is 0. The van der Waals surface area contributed by atoms with E-state index in [1.54, 1.807) is 0 Å². The van der Waals surface area contributed by atoms with Crippen LogP contribution >= 0.6 is 0 Å². The predicted molar refractivity (Wildman–Crippen MR) is 38.5 cm³/mol. The molecule has 1 saturated carbocycles. The van der Waals surface area contributed by atoms with Crippen LogP contribution in [0.4, 0.5) is 0 Å². The Kier molecular flexibility index (Phi) is 2.10. The first-order valence-electron chi connectivity index (χ1n) is 3.50. The van der Waals surface area contributed by atoms with Gasteiger partial charge in [-0.05, 0) is 25.2 Å². The van der Waals surface area contributed by atoms with Crippen LogP contribution in [0.3, 0.4) is 0 Å². The molecule has 1 fully saturated rings. The van der Waals surface area contributed by atoms with E-state index in [1.165, 1.54) is 20.0 Å². The lowest BCUT2D eigenvalue weighted by Gasteiger charge is -1.99. The molecular weight excluding hydrogens is 128 g/mol. The second-order valence-electron chi connectivity index (χ2n) is 2.74. The van der Waals surface area contributed by atoms with E-state index in [2.05, 4.69) is 11.3 Å². The van der Waals surface area contributed by atoms with Crippen LogP contribution in [0.5, 0.6) is 0 Å². The van der Waals surface area contributed by atoms with Crippen molar-refractivity contribution in [3.8, 4) is 0 Å². The molecule has 1 rings (SSSR count). The molecular formula is C8H12O2. The standard InChI is InChI=1S/C8H12O2/c1-6(8(9)10-2)5-7-3-4-7/h7H,1,3-5H2,2H3. The van der Waals surface area contributed by atoms with Gasteiger partial charge in [0.25, 0.3) is 0 Å². The SMILES string of the molecule is C=C(CC1CC1)C(=O)OC. The summed E-state index contributed by atoms with van der Waals surface area (Å²) >= 11 is 0. The van der Waals surface area contributed by atoms with Crippen molar-refractivity contribution in [2.45, 2.75) is 19.3 Å². The van der Waals surface area contributed by atoms with Gasteiger partial charge in [-0.3, -0.25) is 0 Å². The number of carbonyl (C=O) groups is 1. The van der Waals surface area contributed by atoms with Crippen molar-refractivity contribution >= 4 is 5.97 Å². The van der Waals surface area contributed by atoms with Crippen molar-refractivity contribution in [3.05, 3.63) is 12.2 Å². The summed E-state index contributed by atoms with van der Waals surface area (Å²) in [6.07, 6.45) is 3.32. The van der Waals surface area contributed by atoms with E-state index in [1.807, 2.05) is 0 Å². The Morgan fingerprint density at radius 1 is 1.70 bits per heavy atom. The molecule has 0 spiro atoms. The molecule has 0 radical (unpaired) electrons. The number of hydrogen-bond acceptors (Lipinski definition) is 2. The molecule has 10 heavy (non-hydrogen) atoms. The van der Waals surface area contributed by atoms with Crippen molar-refractivity contribution in [2.24, 2.45) is 5.92 Å². The zero-order valence-electron chi connectivity index (χ0n) is 6.22. The van der Waals surface area contributed by atoms with Gasteiger partial charge in [0.15, 0.2) is 0 Å². The van der Waals surface area contributed by atoms with Crippen LogP contribution in [0.15, 0.2) is 12.2 Å². The van der Waals surface area contributed by atoms with Crippen LogP contribution in [0.2, 0.25) is 0 Å². The van der Waals surface area contributed by atoms with Gasteiger partial charge in [-0.1, -0.05) is 6.58 Å². The van der Waals surface area contributed by atoms with Gasteiger partial charge in [-0.15, -0.1) is 0 Å². The van der Waals surface area contributed by atoms with Gasteiger partial charge in [0.2, 0.25) is 0 Å². The van der Waals surface area contributed by atoms with Crippen LogP contribution in [0.25, 0.3) is 0 Å². The summed E-state index contributed by atoms with van der Waals surface area (Å²) in [4.78, 5) is 10.8. The number of ether oxygens (including phenoxy) is 1. The van der Waals surface area contributed by atoms with Crippen LogP contribution in [-0.4, -0.2) is 13.1 Å². The van der Waals surface area contributed by atoms with E-state index >= 15 is 0 Å². The summed E-state index contributed by atoms with van der Waals surface area (Å²) in [6, 6.07) is 0. The molecule has 0 heterocycles. The number of rotatable bonds is 3. The Morgan fingerprint density at radius 2 is 2.30 bits per heavy atom. The molecule has 0 atom stereocenters. The minimum Gasteiger partial charge on any atom is -0.466 e.